The van der Waals surface area contributed by atoms with E-state index in [4.69, 9.17) is 16.0 Å². The van der Waals surface area contributed by atoms with Gasteiger partial charge in [0, 0.05) is 16.3 Å². The molecule has 1 amide bonds. The predicted molar refractivity (Wildman–Crippen MR) is 83.8 cm³/mol. The third-order valence-electron chi connectivity index (χ3n) is 3.21. The summed E-state index contributed by atoms with van der Waals surface area (Å²) in [4.78, 5) is 12.2. The lowest BCUT2D eigenvalue weighted by Crippen LogP contribution is -2.13. The molecule has 0 saturated carbocycles. The average molecular weight is 332 g/mol. The lowest BCUT2D eigenvalue weighted by Gasteiger charge is -2.07. The number of benzene rings is 2. The lowest BCUT2D eigenvalue weighted by molar-refractivity contribution is 0.0990. The van der Waals surface area contributed by atoms with Crippen LogP contribution in [0.4, 0.5) is 10.1 Å². The molecule has 0 unspecified atom stereocenters. The minimum absolute atomic E-state index is 0.0671. The summed E-state index contributed by atoms with van der Waals surface area (Å²) in [5.41, 5.74) is 1.68. The maximum Gasteiger partial charge on any atom is 0.313 e. The highest BCUT2D eigenvalue weighted by molar-refractivity contribution is 6.31. The van der Waals surface area contributed by atoms with Crippen LogP contribution in [0.25, 0.3) is 11.5 Å². The Morgan fingerprint density at radius 1 is 1.22 bits per heavy atom. The topological polar surface area (TPSA) is 68.0 Å². The van der Waals surface area contributed by atoms with Gasteiger partial charge in [0.25, 0.3) is 0 Å². The molecule has 3 aromatic rings. The van der Waals surface area contributed by atoms with Crippen molar-refractivity contribution in [2.75, 3.05) is 5.32 Å². The second-order valence-electron chi connectivity index (χ2n) is 4.79. The fourth-order valence-corrected chi connectivity index (χ4v) is 2.15. The zero-order valence-corrected chi connectivity index (χ0v) is 12.8. The summed E-state index contributed by atoms with van der Waals surface area (Å²) in [5.74, 6) is -1.15. The Balaban J connectivity index is 1.83. The number of nitrogens with one attached hydrogen (secondary N) is 1. The largest absolute Gasteiger partial charge is 0.412 e. The van der Waals surface area contributed by atoms with Crippen LogP contribution < -0.4 is 5.32 Å². The number of rotatable bonds is 3. The Hall–Kier alpha value is -2.73. The van der Waals surface area contributed by atoms with E-state index in [9.17, 15) is 9.18 Å². The number of hydrogen-bond acceptors (Lipinski definition) is 4. The van der Waals surface area contributed by atoms with Crippen LogP contribution >= 0.6 is 11.6 Å². The molecule has 1 aromatic heterocycles. The Labute approximate surface area is 136 Å². The van der Waals surface area contributed by atoms with Crippen LogP contribution in [0.2, 0.25) is 5.02 Å². The smallest absolute Gasteiger partial charge is 0.313 e. The van der Waals surface area contributed by atoms with Crippen LogP contribution in [-0.4, -0.2) is 16.1 Å². The maximum atomic E-state index is 13.2. The summed E-state index contributed by atoms with van der Waals surface area (Å²) in [7, 11) is 0. The number of carbonyl (C=O) groups excluding carboxylic acids is 1. The third kappa shape index (κ3) is 3.22. The number of hydrogen-bond donors (Lipinski definition) is 1. The molecular weight excluding hydrogens is 321 g/mol. The first-order valence-corrected chi connectivity index (χ1v) is 7.08. The van der Waals surface area contributed by atoms with Gasteiger partial charge in [0.15, 0.2) is 0 Å². The van der Waals surface area contributed by atoms with Gasteiger partial charge in [-0.2, -0.15) is 0 Å². The molecule has 0 aliphatic carbocycles. The van der Waals surface area contributed by atoms with E-state index in [0.717, 1.165) is 5.56 Å². The van der Waals surface area contributed by atoms with E-state index >= 15 is 0 Å². The van der Waals surface area contributed by atoms with Crippen LogP contribution in [0.3, 0.4) is 0 Å². The average Bonchev–Trinajstić information content (AvgIpc) is 3.02. The highest BCUT2D eigenvalue weighted by Gasteiger charge is 2.17. The maximum absolute atomic E-state index is 13.2. The van der Waals surface area contributed by atoms with Gasteiger partial charge in [-0.3, -0.25) is 4.79 Å². The molecule has 0 atom stereocenters. The summed E-state index contributed by atoms with van der Waals surface area (Å²) in [6.07, 6.45) is 0. The van der Waals surface area contributed by atoms with E-state index in [1.165, 1.54) is 18.2 Å². The van der Waals surface area contributed by atoms with Gasteiger partial charge < -0.3 is 9.73 Å². The van der Waals surface area contributed by atoms with Crippen molar-refractivity contribution in [2.24, 2.45) is 0 Å². The van der Waals surface area contributed by atoms with E-state index in [2.05, 4.69) is 15.5 Å². The first kappa shape index (κ1) is 15.2. The van der Waals surface area contributed by atoms with Crippen LogP contribution in [0.1, 0.15) is 16.2 Å². The number of carbonyl (C=O) groups is 1. The molecule has 116 valence electrons. The van der Waals surface area contributed by atoms with Gasteiger partial charge in [-0.15, -0.1) is 10.2 Å². The fourth-order valence-electron chi connectivity index (χ4n) is 1.97. The summed E-state index contributed by atoms with van der Waals surface area (Å²) < 4.78 is 18.5. The van der Waals surface area contributed by atoms with Crippen molar-refractivity contribution in [3.8, 4) is 11.5 Å². The molecule has 3 rings (SSSR count). The summed E-state index contributed by atoms with van der Waals surface area (Å²) in [6.45, 7) is 1.78. The molecule has 2 aromatic carbocycles. The molecule has 1 heterocycles. The monoisotopic (exact) mass is 331 g/mol. The quantitative estimate of drug-likeness (QED) is 0.785. The van der Waals surface area contributed by atoms with Crippen LogP contribution in [0.5, 0.6) is 0 Å². The molecular formula is C16H11ClFN3O2. The minimum atomic E-state index is -0.564. The lowest BCUT2D eigenvalue weighted by atomic mass is 10.2. The van der Waals surface area contributed by atoms with Gasteiger partial charge in [-0.05, 0) is 42.8 Å². The molecule has 0 saturated heterocycles. The van der Waals surface area contributed by atoms with Crippen molar-refractivity contribution < 1.29 is 13.6 Å². The van der Waals surface area contributed by atoms with E-state index in [-0.39, 0.29) is 11.8 Å². The van der Waals surface area contributed by atoms with E-state index < -0.39 is 11.7 Å². The summed E-state index contributed by atoms with van der Waals surface area (Å²) >= 11 is 6.00. The number of halogens is 2. The van der Waals surface area contributed by atoms with Crippen molar-refractivity contribution in [1.29, 1.82) is 0 Å². The highest BCUT2D eigenvalue weighted by atomic mass is 35.5. The number of nitrogens with zero attached hydrogens (tertiary/aromatic N) is 2. The second-order valence-corrected chi connectivity index (χ2v) is 5.20. The van der Waals surface area contributed by atoms with Crippen LogP contribution in [-0.2, 0) is 0 Å². The molecule has 23 heavy (non-hydrogen) atoms. The highest BCUT2D eigenvalue weighted by Crippen LogP contribution is 2.24. The summed E-state index contributed by atoms with van der Waals surface area (Å²) in [6, 6.07) is 10.8. The molecule has 0 bridgehead atoms. The van der Waals surface area contributed by atoms with Crippen molar-refractivity contribution in [2.45, 2.75) is 6.92 Å². The normalized spacial score (nSPS) is 10.6. The predicted octanol–water partition coefficient (Wildman–Crippen LogP) is 4.09. The molecule has 0 aliphatic rings. The standard InChI is InChI=1S/C16H11ClFN3O2/c1-9-12(17)6-3-7-13(9)19-14(22)16-21-20-15(23-16)10-4-2-5-11(18)8-10/h2-8H,1H3,(H,19,22). The van der Waals surface area contributed by atoms with Gasteiger partial charge in [-0.1, -0.05) is 23.7 Å². The van der Waals surface area contributed by atoms with E-state index in [1.54, 1.807) is 31.2 Å². The first-order valence-electron chi connectivity index (χ1n) is 6.70. The Morgan fingerprint density at radius 2 is 2.00 bits per heavy atom. The van der Waals surface area contributed by atoms with Gasteiger partial charge in [-0.25, -0.2) is 4.39 Å². The minimum Gasteiger partial charge on any atom is -0.412 e. The Kier molecular flexibility index (Phi) is 4.08. The fraction of sp³-hybridized carbons (Fsp3) is 0.0625. The Bertz CT molecular complexity index is 879. The van der Waals surface area contributed by atoms with Gasteiger partial charge in [0.05, 0.1) is 0 Å². The van der Waals surface area contributed by atoms with Crippen molar-refractivity contribution in [1.82, 2.24) is 10.2 Å². The number of aromatic nitrogens is 2. The van der Waals surface area contributed by atoms with Crippen LogP contribution in [0.15, 0.2) is 46.9 Å². The number of amides is 1. The molecule has 0 fully saturated rings. The van der Waals surface area contributed by atoms with E-state index in [0.29, 0.717) is 16.3 Å². The van der Waals surface area contributed by atoms with Gasteiger partial charge in [0.1, 0.15) is 5.82 Å². The zero-order valence-electron chi connectivity index (χ0n) is 12.0. The Morgan fingerprint density at radius 3 is 2.78 bits per heavy atom. The van der Waals surface area contributed by atoms with Crippen molar-refractivity contribution in [3.63, 3.8) is 0 Å². The van der Waals surface area contributed by atoms with Gasteiger partial charge >= 0.3 is 11.8 Å². The number of anilines is 1. The zero-order chi connectivity index (χ0) is 16.4. The SMILES string of the molecule is Cc1c(Cl)cccc1NC(=O)c1nnc(-c2cccc(F)c2)o1. The van der Waals surface area contributed by atoms with E-state index in [1.807, 2.05) is 0 Å². The van der Waals surface area contributed by atoms with Gasteiger partial charge in [0.2, 0.25) is 5.89 Å². The molecule has 5 nitrogen and oxygen atoms in total. The molecule has 0 aliphatic heterocycles. The first-order chi connectivity index (χ1) is 11.0. The second kappa shape index (κ2) is 6.18. The molecule has 0 spiro atoms. The van der Waals surface area contributed by atoms with Crippen molar-refractivity contribution in [3.05, 3.63) is 64.8 Å². The third-order valence-corrected chi connectivity index (χ3v) is 3.62. The molecule has 0 radical (unpaired) electrons. The molecule has 1 N–H and O–H groups in total. The summed E-state index contributed by atoms with van der Waals surface area (Å²) in [5, 5.41) is 10.6. The molecule has 7 heteroatoms. The van der Waals surface area contributed by atoms with Crippen molar-refractivity contribution >= 4 is 23.2 Å². The van der Waals surface area contributed by atoms with Crippen LogP contribution in [0, 0.1) is 12.7 Å².